The van der Waals surface area contributed by atoms with Crippen molar-refractivity contribution >= 4 is 22.8 Å². The topological polar surface area (TPSA) is 52.8 Å². The van der Waals surface area contributed by atoms with Crippen LogP contribution in [0, 0.1) is 5.92 Å². The largest absolute Gasteiger partial charge is 0.479 e. The summed E-state index contributed by atoms with van der Waals surface area (Å²) < 4.78 is 7.37. The molecular formula is C14H21ClN4O. The Bertz CT molecular complexity index is 578. The van der Waals surface area contributed by atoms with Crippen molar-refractivity contribution in [2.45, 2.75) is 45.5 Å². The van der Waals surface area contributed by atoms with E-state index in [-0.39, 0.29) is 5.38 Å². The van der Waals surface area contributed by atoms with Gasteiger partial charge in [0.25, 0.3) is 0 Å². The van der Waals surface area contributed by atoms with Crippen molar-refractivity contribution < 1.29 is 4.74 Å². The van der Waals surface area contributed by atoms with E-state index in [4.69, 9.17) is 16.3 Å². The summed E-state index contributed by atoms with van der Waals surface area (Å²) >= 11 is 6.27. The van der Waals surface area contributed by atoms with Gasteiger partial charge in [0.2, 0.25) is 5.88 Å². The standard InChI is InChI=1S/C14H21ClN4O/c1-5-10(6-2)7-19-12(9(3)15)18-11-13(19)16-8-17-14(11)20-4/h8-10H,5-7H2,1-4H3. The van der Waals surface area contributed by atoms with Gasteiger partial charge in [-0.05, 0) is 12.8 Å². The van der Waals surface area contributed by atoms with E-state index in [1.54, 1.807) is 7.11 Å². The number of ether oxygens (including phenoxy) is 1. The lowest BCUT2D eigenvalue weighted by molar-refractivity contribution is 0.401. The molecule has 0 aliphatic carbocycles. The van der Waals surface area contributed by atoms with Gasteiger partial charge in [0.05, 0.1) is 12.5 Å². The third-order valence-corrected chi connectivity index (χ3v) is 3.87. The third kappa shape index (κ3) is 2.73. The molecular weight excluding hydrogens is 276 g/mol. The van der Waals surface area contributed by atoms with Crippen LogP contribution in [0.3, 0.4) is 0 Å². The second-order valence-electron chi connectivity index (χ2n) is 4.93. The maximum absolute atomic E-state index is 6.27. The summed E-state index contributed by atoms with van der Waals surface area (Å²) in [5, 5.41) is -0.178. The van der Waals surface area contributed by atoms with Crippen LogP contribution in [-0.4, -0.2) is 26.6 Å². The Morgan fingerprint density at radius 2 is 2.00 bits per heavy atom. The van der Waals surface area contributed by atoms with Crippen molar-refractivity contribution in [3.8, 4) is 5.88 Å². The molecule has 0 radical (unpaired) electrons. The van der Waals surface area contributed by atoms with Crippen molar-refractivity contribution in [1.29, 1.82) is 0 Å². The number of fused-ring (bicyclic) bond motifs is 1. The molecule has 2 heterocycles. The van der Waals surface area contributed by atoms with Gasteiger partial charge in [-0.1, -0.05) is 26.7 Å². The Balaban J connectivity index is 2.57. The fourth-order valence-electron chi connectivity index (χ4n) is 2.37. The normalized spacial score (nSPS) is 13.1. The minimum absolute atomic E-state index is 0.178. The van der Waals surface area contributed by atoms with Gasteiger partial charge in [-0.2, -0.15) is 4.98 Å². The molecule has 0 saturated carbocycles. The molecule has 2 aromatic rings. The molecule has 5 nitrogen and oxygen atoms in total. The molecule has 2 rings (SSSR count). The van der Waals surface area contributed by atoms with Gasteiger partial charge >= 0.3 is 0 Å². The van der Waals surface area contributed by atoms with Gasteiger partial charge in [-0.3, -0.25) is 0 Å². The summed E-state index contributed by atoms with van der Waals surface area (Å²) in [5.74, 6) is 1.91. The first-order valence-corrected chi connectivity index (χ1v) is 7.45. The van der Waals surface area contributed by atoms with E-state index < -0.39 is 0 Å². The van der Waals surface area contributed by atoms with Gasteiger partial charge < -0.3 is 9.30 Å². The molecule has 1 unspecified atom stereocenters. The van der Waals surface area contributed by atoms with Crippen LogP contribution >= 0.6 is 11.6 Å². The maximum Gasteiger partial charge on any atom is 0.245 e. The van der Waals surface area contributed by atoms with E-state index in [1.165, 1.54) is 6.33 Å². The fraction of sp³-hybridized carbons (Fsp3) is 0.643. The van der Waals surface area contributed by atoms with E-state index >= 15 is 0 Å². The molecule has 6 heteroatoms. The predicted octanol–water partition coefficient (Wildman–Crippen LogP) is 3.57. The number of aromatic nitrogens is 4. The Morgan fingerprint density at radius 1 is 1.30 bits per heavy atom. The average molecular weight is 297 g/mol. The van der Waals surface area contributed by atoms with Crippen molar-refractivity contribution in [2.24, 2.45) is 5.92 Å². The molecule has 0 aromatic carbocycles. The van der Waals surface area contributed by atoms with Crippen LogP contribution in [0.2, 0.25) is 0 Å². The van der Waals surface area contributed by atoms with Crippen molar-refractivity contribution in [3.05, 3.63) is 12.2 Å². The highest BCUT2D eigenvalue weighted by atomic mass is 35.5. The lowest BCUT2D eigenvalue weighted by Gasteiger charge is -2.16. The van der Waals surface area contributed by atoms with E-state index in [0.29, 0.717) is 17.3 Å². The second-order valence-corrected chi connectivity index (χ2v) is 5.59. The Labute approximate surface area is 124 Å². The fourth-order valence-corrected chi connectivity index (χ4v) is 2.54. The summed E-state index contributed by atoms with van der Waals surface area (Å²) in [5.41, 5.74) is 1.48. The highest BCUT2D eigenvalue weighted by Crippen LogP contribution is 2.28. The number of hydrogen-bond acceptors (Lipinski definition) is 4. The Kier molecular flexibility index (Phi) is 4.81. The smallest absolute Gasteiger partial charge is 0.245 e. The summed E-state index contributed by atoms with van der Waals surface area (Å²) in [6, 6.07) is 0. The second kappa shape index (κ2) is 6.39. The number of alkyl halides is 1. The van der Waals surface area contributed by atoms with Crippen LogP contribution < -0.4 is 4.74 Å². The van der Waals surface area contributed by atoms with Crippen LogP contribution in [0.25, 0.3) is 11.2 Å². The number of methoxy groups -OCH3 is 1. The maximum atomic E-state index is 6.27. The van der Waals surface area contributed by atoms with Crippen LogP contribution in [-0.2, 0) is 6.54 Å². The molecule has 0 fully saturated rings. The quantitative estimate of drug-likeness (QED) is 0.765. The van der Waals surface area contributed by atoms with Crippen molar-refractivity contribution in [1.82, 2.24) is 19.5 Å². The Hall–Kier alpha value is -1.36. The molecule has 0 aliphatic heterocycles. The third-order valence-electron chi connectivity index (χ3n) is 3.67. The van der Waals surface area contributed by atoms with E-state index in [9.17, 15) is 0 Å². The predicted molar refractivity (Wildman–Crippen MR) is 80.2 cm³/mol. The van der Waals surface area contributed by atoms with Gasteiger partial charge in [0.1, 0.15) is 12.2 Å². The number of nitrogens with zero attached hydrogens (tertiary/aromatic N) is 4. The van der Waals surface area contributed by atoms with Crippen LogP contribution in [0.1, 0.15) is 44.8 Å². The SMILES string of the molecule is CCC(CC)Cn1c(C(C)Cl)nc2c(OC)ncnc21. The molecule has 20 heavy (non-hydrogen) atoms. The van der Waals surface area contributed by atoms with Crippen molar-refractivity contribution in [2.75, 3.05) is 7.11 Å². The number of imidazole rings is 1. The Morgan fingerprint density at radius 3 is 2.55 bits per heavy atom. The monoisotopic (exact) mass is 296 g/mol. The van der Waals surface area contributed by atoms with E-state index in [2.05, 4.69) is 33.4 Å². The van der Waals surface area contributed by atoms with E-state index in [1.807, 2.05) is 6.92 Å². The first-order chi connectivity index (χ1) is 9.62. The average Bonchev–Trinajstić information content (AvgIpc) is 2.83. The number of halogens is 1. The summed E-state index contributed by atoms with van der Waals surface area (Å²) in [6.07, 6.45) is 3.75. The zero-order valence-corrected chi connectivity index (χ0v) is 13.2. The number of rotatable bonds is 6. The lowest BCUT2D eigenvalue weighted by Crippen LogP contribution is -2.13. The zero-order valence-electron chi connectivity index (χ0n) is 12.4. The summed E-state index contributed by atoms with van der Waals surface area (Å²) in [4.78, 5) is 13.1. The van der Waals surface area contributed by atoms with E-state index in [0.717, 1.165) is 30.9 Å². The molecule has 1 atom stereocenters. The molecule has 0 aliphatic rings. The lowest BCUT2D eigenvalue weighted by atomic mass is 10.0. The molecule has 0 spiro atoms. The summed E-state index contributed by atoms with van der Waals surface area (Å²) in [6.45, 7) is 7.20. The first kappa shape index (κ1) is 15.0. The molecule has 0 N–H and O–H groups in total. The van der Waals surface area contributed by atoms with Crippen molar-refractivity contribution in [3.63, 3.8) is 0 Å². The van der Waals surface area contributed by atoms with Crippen LogP contribution in [0.15, 0.2) is 6.33 Å². The van der Waals surface area contributed by atoms with Crippen LogP contribution in [0.4, 0.5) is 0 Å². The van der Waals surface area contributed by atoms with Gasteiger partial charge in [0.15, 0.2) is 11.2 Å². The highest BCUT2D eigenvalue weighted by molar-refractivity contribution is 6.20. The molecule has 0 bridgehead atoms. The molecule has 2 aromatic heterocycles. The molecule has 0 saturated heterocycles. The van der Waals surface area contributed by atoms with Gasteiger partial charge in [0, 0.05) is 6.54 Å². The van der Waals surface area contributed by atoms with Gasteiger partial charge in [-0.15, -0.1) is 11.6 Å². The number of hydrogen-bond donors (Lipinski definition) is 0. The minimum Gasteiger partial charge on any atom is -0.479 e. The molecule has 110 valence electrons. The first-order valence-electron chi connectivity index (χ1n) is 7.01. The minimum atomic E-state index is -0.178. The summed E-state index contributed by atoms with van der Waals surface area (Å²) in [7, 11) is 1.59. The zero-order chi connectivity index (χ0) is 14.7. The highest BCUT2D eigenvalue weighted by Gasteiger charge is 2.20. The molecule has 0 amide bonds. The van der Waals surface area contributed by atoms with Gasteiger partial charge in [-0.25, -0.2) is 9.97 Å². The van der Waals surface area contributed by atoms with Crippen LogP contribution in [0.5, 0.6) is 5.88 Å².